The van der Waals surface area contributed by atoms with Crippen molar-refractivity contribution in [2.75, 3.05) is 27.3 Å². The van der Waals surface area contributed by atoms with E-state index < -0.39 is 5.97 Å². The van der Waals surface area contributed by atoms with Gasteiger partial charge >= 0.3 is 5.97 Å². The molecule has 3 aromatic carbocycles. The van der Waals surface area contributed by atoms with Crippen molar-refractivity contribution < 1.29 is 19.4 Å². The average molecular weight is 405 g/mol. The quantitative estimate of drug-likeness (QED) is 0.642. The number of methoxy groups -OCH3 is 2. The van der Waals surface area contributed by atoms with E-state index in [1.54, 1.807) is 14.2 Å². The second kappa shape index (κ2) is 8.76. The molecule has 0 aromatic heterocycles. The average Bonchev–Trinajstić information content (AvgIpc) is 2.79. The van der Waals surface area contributed by atoms with Crippen LogP contribution in [0.3, 0.4) is 0 Å². The van der Waals surface area contributed by atoms with Gasteiger partial charge in [-0.1, -0.05) is 48.5 Å². The molecule has 1 atom stereocenters. The van der Waals surface area contributed by atoms with Crippen LogP contribution in [0.1, 0.15) is 30.0 Å². The Morgan fingerprint density at radius 1 is 0.967 bits per heavy atom. The molecule has 1 aliphatic heterocycles. The lowest BCUT2D eigenvalue weighted by Crippen LogP contribution is -2.39. The zero-order valence-electron chi connectivity index (χ0n) is 17.4. The maximum absolute atomic E-state index is 11.4. The van der Waals surface area contributed by atoms with Crippen molar-refractivity contribution in [3.05, 3.63) is 71.8 Å². The summed E-state index contributed by atoms with van der Waals surface area (Å²) in [6, 6.07) is 20.8. The van der Waals surface area contributed by atoms with Gasteiger partial charge in [0.25, 0.3) is 0 Å². The normalized spacial score (nSPS) is 16.3. The Morgan fingerprint density at radius 3 is 2.37 bits per heavy atom. The van der Waals surface area contributed by atoms with Crippen molar-refractivity contribution in [3.8, 4) is 11.5 Å². The minimum Gasteiger partial charge on any atom is -0.493 e. The van der Waals surface area contributed by atoms with Crippen molar-refractivity contribution in [1.29, 1.82) is 0 Å². The summed E-state index contributed by atoms with van der Waals surface area (Å²) in [4.78, 5) is 13.8. The van der Waals surface area contributed by atoms with Gasteiger partial charge in [-0.05, 0) is 54.4 Å². The molecule has 0 amide bonds. The Bertz CT molecular complexity index is 1040. The Balaban J connectivity index is 1.80. The van der Waals surface area contributed by atoms with E-state index in [4.69, 9.17) is 9.47 Å². The van der Waals surface area contributed by atoms with E-state index in [1.807, 2.05) is 24.3 Å². The van der Waals surface area contributed by atoms with Crippen molar-refractivity contribution in [1.82, 2.24) is 4.90 Å². The predicted octanol–water partition coefficient (Wildman–Crippen LogP) is 4.74. The van der Waals surface area contributed by atoms with Crippen molar-refractivity contribution >= 4 is 16.7 Å². The molecule has 0 saturated carbocycles. The molecule has 1 aliphatic rings. The summed E-state index contributed by atoms with van der Waals surface area (Å²) in [6.07, 6.45) is 1.29. The van der Waals surface area contributed by atoms with Crippen LogP contribution in [0.2, 0.25) is 0 Å². The molecule has 1 unspecified atom stereocenters. The molecule has 1 saturated heterocycles. The first-order valence-electron chi connectivity index (χ1n) is 10.3. The van der Waals surface area contributed by atoms with Crippen LogP contribution in [0.15, 0.2) is 60.7 Å². The van der Waals surface area contributed by atoms with Crippen LogP contribution in [0.5, 0.6) is 11.5 Å². The van der Waals surface area contributed by atoms with E-state index in [2.05, 4.69) is 41.3 Å². The molecule has 1 heterocycles. The number of nitrogens with zero attached hydrogens (tertiary/aromatic N) is 1. The second-order valence-electron chi connectivity index (χ2n) is 7.74. The van der Waals surface area contributed by atoms with Crippen molar-refractivity contribution in [3.63, 3.8) is 0 Å². The Hall–Kier alpha value is -3.05. The molecule has 1 fully saturated rings. The molecule has 0 spiro atoms. The number of carboxylic acid groups (broad SMARTS) is 1. The standard InChI is InChI=1S/C25H27NO4/c1-29-22-9-5-8-21(24(22)30-2)23(26-14-12-18(13-15-26)25(27)28)20-11-10-17-6-3-4-7-19(17)16-20/h3-11,16,18,23H,12-15H2,1-2H3,(H,27,28). The van der Waals surface area contributed by atoms with Crippen LogP contribution in [0.4, 0.5) is 0 Å². The topological polar surface area (TPSA) is 59.0 Å². The summed E-state index contributed by atoms with van der Waals surface area (Å²) in [5, 5.41) is 11.8. The molecule has 0 radical (unpaired) electrons. The van der Waals surface area contributed by atoms with Crippen LogP contribution < -0.4 is 9.47 Å². The maximum atomic E-state index is 11.4. The lowest BCUT2D eigenvalue weighted by molar-refractivity contribution is -0.143. The number of likely N-dealkylation sites (tertiary alicyclic amines) is 1. The van der Waals surface area contributed by atoms with Crippen LogP contribution in [-0.2, 0) is 4.79 Å². The number of hydrogen-bond acceptors (Lipinski definition) is 4. The number of fused-ring (bicyclic) bond motifs is 1. The number of hydrogen-bond donors (Lipinski definition) is 1. The first-order valence-corrected chi connectivity index (χ1v) is 10.3. The van der Waals surface area contributed by atoms with Crippen molar-refractivity contribution in [2.24, 2.45) is 5.92 Å². The van der Waals surface area contributed by atoms with E-state index in [9.17, 15) is 9.90 Å². The number of rotatable bonds is 6. The number of piperidine rings is 1. The van der Waals surface area contributed by atoms with E-state index in [0.29, 0.717) is 18.6 Å². The smallest absolute Gasteiger partial charge is 0.306 e. The van der Waals surface area contributed by atoms with Gasteiger partial charge in [0.15, 0.2) is 11.5 Å². The predicted molar refractivity (Wildman–Crippen MR) is 117 cm³/mol. The first kappa shape index (κ1) is 20.2. The Morgan fingerprint density at radius 2 is 1.70 bits per heavy atom. The zero-order chi connectivity index (χ0) is 21.1. The number of carbonyl (C=O) groups is 1. The summed E-state index contributed by atoms with van der Waals surface area (Å²) >= 11 is 0. The number of para-hydroxylation sites is 1. The van der Waals surface area contributed by atoms with Gasteiger partial charge in [0, 0.05) is 5.56 Å². The maximum Gasteiger partial charge on any atom is 0.306 e. The van der Waals surface area contributed by atoms with Gasteiger partial charge in [0.1, 0.15) is 0 Å². The lowest BCUT2D eigenvalue weighted by atomic mass is 9.90. The molecule has 5 heteroatoms. The molecule has 0 bridgehead atoms. The van der Waals surface area contributed by atoms with Crippen LogP contribution in [0, 0.1) is 5.92 Å². The zero-order valence-corrected chi connectivity index (χ0v) is 17.4. The van der Waals surface area contributed by atoms with E-state index in [1.165, 1.54) is 10.8 Å². The van der Waals surface area contributed by atoms with Crippen molar-refractivity contribution in [2.45, 2.75) is 18.9 Å². The third-order valence-electron chi connectivity index (χ3n) is 6.06. The van der Waals surface area contributed by atoms with Gasteiger partial charge in [-0.15, -0.1) is 0 Å². The summed E-state index contributed by atoms with van der Waals surface area (Å²) in [5.74, 6) is 0.446. The van der Waals surface area contributed by atoms with Crippen LogP contribution in [-0.4, -0.2) is 43.3 Å². The molecule has 1 N–H and O–H groups in total. The fourth-order valence-corrected chi connectivity index (χ4v) is 4.50. The third-order valence-corrected chi connectivity index (χ3v) is 6.06. The number of ether oxygens (including phenoxy) is 2. The summed E-state index contributed by atoms with van der Waals surface area (Å²) in [6.45, 7) is 1.43. The highest BCUT2D eigenvalue weighted by Gasteiger charge is 2.32. The summed E-state index contributed by atoms with van der Waals surface area (Å²) in [5.41, 5.74) is 2.19. The molecule has 156 valence electrons. The van der Waals surface area contributed by atoms with Gasteiger partial charge in [0.05, 0.1) is 26.2 Å². The minimum atomic E-state index is -0.698. The van der Waals surface area contributed by atoms with E-state index in [0.717, 1.165) is 30.0 Å². The SMILES string of the molecule is COc1cccc(C(c2ccc3ccccc3c2)N2CCC(C(=O)O)CC2)c1OC. The highest BCUT2D eigenvalue weighted by molar-refractivity contribution is 5.83. The molecule has 30 heavy (non-hydrogen) atoms. The van der Waals surface area contributed by atoms with Gasteiger partial charge in [-0.3, -0.25) is 9.69 Å². The number of benzene rings is 3. The number of aliphatic carboxylic acids is 1. The van der Waals surface area contributed by atoms with Gasteiger partial charge in [-0.2, -0.15) is 0 Å². The monoisotopic (exact) mass is 405 g/mol. The molecule has 3 aromatic rings. The van der Waals surface area contributed by atoms with Crippen LogP contribution in [0.25, 0.3) is 10.8 Å². The van der Waals surface area contributed by atoms with Gasteiger partial charge in [-0.25, -0.2) is 0 Å². The highest BCUT2D eigenvalue weighted by Crippen LogP contribution is 2.41. The van der Waals surface area contributed by atoms with Gasteiger partial charge < -0.3 is 14.6 Å². The summed E-state index contributed by atoms with van der Waals surface area (Å²) in [7, 11) is 3.31. The molecule has 5 nitrogen and oxygen atoms in total. The van der Waals surface area contributed by atoms with E-state index in [-0.39, 0.29) is 12.0 Å². The Kier molecular flexibility index (Phi) is 5.91. The highest BCUT2D eigenvalue weighted by atomic mass is 16.5. The lowest BCUT2D eigenvalue weighted by Gasteiger charge is -2.37. The fraction of sp³-hybridized carbons (Fsp3) is 0.320. The Labute approximate surface area is 176 Å². The van der Waals surface area contributed by atoms with E-state index >= 15 is 0 Å². The third kappa shape index (κ3) is 3.85. The molecule has 4 rings (SSSR count). The minimum absolute atomic E-state index is 0.0469. The van der Waals surface area contributed by atoms with Gasteiger partial charge in [0.2, 0.25) is 0 Å². The fourth-order valence-electron chi connectivity index (χ4n) is 4.50. The largest absolute Gasteiger partial charge is 0.493 e. The first-order chi connectivity index (χ1) is 14.6. The molecule has 0 aliphatic carbocycles. The molecular formula is C25H27NO4. The number of carboxylic acids is 1. The summed E-state index contributed by atoms with van der Waals surface area (Å²) < 4.78 is 11.3. The van der Waals surface area contributed by atoms with Crippen LogP contribution >= 0.6 is 0 Å². The molecular weight excluding hydrogens is 378 g/mol. The second-order valence-corrected chi connectivity index (χ2v) is 7.74.